The molecule has 0 aliphatic heterocycles. The van der Waals surface area contributed by atoms with E-state index in [-0.39, 0.29) is 0 Å². The predicted molar refractivity (Wildman–Crippen MR) is 115 cm³/mol. The van der Waals surface area contributed by atoms with Gasteiger partial charge in [0.2, 0.25) is 5.82 Å². The minimum Gasteiger partial charge on any atom is -0.497 e. The fourth-order valence-corrected chi connectivity index (χ4v) is 3.80. The number of imidazole rings is 1. The van der Waals surface area contributed by atoms with Gasteiger partial charge in [0.25, 0.3) is 5.89 Å². The Balaban J connectivity index is 1.79. The van der Waals surface area contributed by atoms with Crippen molar-refractivity contribution in [3.05, 3.63) is 58.5 Å². The molecule has 4 aromatic rings. The Kier molecular flexibility index (Phi) is 5.22. The molecule has 0 bridgehead atoms. The first-order valence-electron chi connectivity index (χ1n) is 9.32. The van der Waals surface area contributed by atoms with Crippen LogP contribution < -0.4 is 9.47 Å². The van der Waals surface area contributed by atoms with Gasteiger partial charge in [0.05, 0.1) is 36.2 Å². The van der Waals surface area contributed by atoms with Gasteiger partial charge in [0.1, 0.15) is 23.0 Å². The van der Waals surface area contributed by atoms with E-state index in [2.05, 4.69) is 15.1 Å². The van der Waals surface area contributed by atoms with Gasteiger partial charge in [-0.1, -0.05) is 28.9 Å². The number of ether oxygens (including phenoxy) is 2. The summed E-state index contributed by atoms with van der Waals surface area (Å²) in [5.74, 6) is 2.78. The van der Waals surface area contributed by atoms with E-state index in [9.17, 15) is 0 Å². The highest BCUT2D eigenvalue weighted by atomic mass is 35.5. The normalized spacial score (nSPS) is 11.0. The van der Waals surface area contributed by atoms with Crippen molar-refractivity contribution in [3.63, 3.8) is 0 Å². The maximum atomic E-state index is 6.48. The zero-order valence-electron chi connectivity index (χ0n) is 17.4. The second-order valence-electron chi connectivity index (χ2n) is 6.82. The summed E-state index contributed by atoms with van der Waals surface area (Å²) in [6, 6.07) is 11.2. The van der Waals surface area contributed by atoms with E-state index in [1.54, 1.807) is 20.3 Å². The summed E-state index contributed by atoms with van der Waals surface area (Å²) in [5.41, 5.74) is 4.11. The Hall–Kier alpha value is -3.32. The zero-order chi connectivity index (χ0) is 21.4. The van der Waals surface area contributed by atoms with Crippen LogP contribution in [-0.2, 0) is 0 Å². The van der Waals surface area contributed by atoms with Crippen LogP contribution >= 0.6 is 11.6 Å². The van der Waals surface area contributed by atoms with Crippen LogP contribution in [0.5, 0.6) is 11.5 Å². The summed E-state index contributed by atoms with van der Waals surface area (Å²) >= 11 is 6.48. The van der Waals surface area contributed by atoms with Crippen LogP contribution in [0.1, 0.15) is 17.1 Å². The molecule has 2 heterocycles. The van der Waals surface area contributed by atoms with Crippen molar-refractivity contribution in [2.75, 3.05) is 14.2 Å². The lowest BCUT2D eigenvalue weighted by atomic mass is 10.2. The summed E-state index contributed by atoms with van der Waals surface area (Å²) in [6.07, 6.45) is 0. The molecule has 2 aromatic heterocycles. The third-order valence-corrected chi connectivity index (χ3v) is 5.27. The number of aromatic nitrogens is 4. The number of halogens is 1. The van der Waals surface area contributed by atoms with Crippen molar-refractivity contribution in [1.82, 2.24) is 19.7 Å². The number of nitrogens with zero attached hydrogens (tertiary/aromatic N) is 4. The average Bonchev–Trinajstić information content (AvgIpc) is 3.33. The maximum Gasteiger partial charge on any atom is 0.278 e. The van der Waals surface area contributed by atoms with E-state index in [1.165, 1.54) is 0 Å². The highest BCUT2D eigenvalue weighted by Crippen LogP contribution is 2.34. The Labute approximate surface area is 179 Å². The van der Waals surface area contributed by atoms with E-state index in [0.717, 1.165) is 22.8 Å². The van der Waals surface area contributed by atoms with Gasteiger partial charge in [-0.25, -0.2) is 4.98 Å². The first-order valence-corrected chi connectivity index (χ1v) is 9.70. The molecule has 0 atom stereocenters. The summed E-state index contributed by atoms with van der Waals surface area (Å²) < 4.78 is 18.3. The van der Waals surface area contributed by atoms with Crippen molar-refractivity contribution in [2.24, 2.45) is 0 Å². The highest BCUT2D eigenvalue weighted by molar-refractivity contribution is 6.32. The molecule has 30 heavy (non-hydrogen) atoms. The van der Waals surface area contributed by atoms with E-state index in [1.807, 2.05) is 55.7 Å². The minimum atomic E-state index is 0.326. The Morgan fingerprint density at radius 3 is 2.50 bits per heavy atom. The fourth-order valence-electron chi connectivity index (χ4n) is 3.49. The number of hydrogen-bond donors (Lipinski definition) is 0. The van der Waals surface area contributed by atoms with Crippen LogP contribution in [0.25, 0.3) is 28.7 Å². The lowest BCUT2D eigenvalue weighted by Gasteiger charge is -2.13. The molecule has 0 radical (unpaired) electrons. The van der Waals surface area contributed by atoms with E-state index in [0.29, 0.717) is 39.5 Å². The van der Waals surface area contributed by atoms with Crippen molar-refractivity contribution < 1.29 is 14.0 Å². The predicted octanol–water partition coefficient (Wildman–Crippen LogP) is 5.19. The first kappa shape index (κ1) is 20.0. The van der Waals surface area contributed by atoms with Gasteiger partial charge in [-0.2, -0.15) is 4.98 Å². The van der Waals surface area contributed by atoms with Crippen LogP contribution in [-0.4, -0.2) is 33.9 Å². The van der Waals surface area contributed by atoms with Crippen LogP contribution in [0.15, 0.2) is 40.9 Å². The van der Waals surface area contributed by atoms with Gasteiger partial charge >= 0.3 is 0 Å². The topological polar surface area (TPSA) is 75.2 Å². The number of methoxy groups -OCH3 is 2. The van der Waals surface area contributed by atoms with Gasteiger partial charge < -0.3 is 14.0 Å². The fraction of sp³-hybridized carbons (Fsp3) is 0.227. The van der Waals surface area contributed by atoms with Crippen LogP contribution in [0.2, 0.25) is 5.02 Å². The SMILES string of the molecule is COc1ccc(-c2noc(-c3nc(C)n(-c4c(C)cccc4Cl)c3C)n2)c(OC)c1. The number of aryl methyl sites for hydroxylation is 2. The molecule has 0 aliphatic carbocycles. The van der Waals surface area contributed by atoms with Gasteiger partial charge in [-0.05, 0) is 44.5 Å². The van der Waals surface area contributed by atoms with Crippen LogP contribution in [0.4, 0.5) is 0 Å². The molecule has 0 saturated carbocycles. The van der Waals surface area contributed by atoms with Crippen molar-refractivity contribution in [1.29, 1.82) is 0 Å². The molecule has 0 spiro atoms. The van der Waals surface area contributed by atoms with Crippen molar-refractivity contribution >= 4 is 11.6 Å². The monoisotopic (exact) mass is 424 g/mol. The van der Waals surface area contributed by atoms with Gasteiger partial charge in [-0.3, -0.25) is 4.57 Å². The highest BCUT2D eigenvalue weighted by Gasteiger charge is 2.22. The van der Waals surface area contributed by atoms with E-state index in [4.69, 9.17) is 25.6 Å². The molecule has 7 nitrogen and oxygen atoms in total. The summed E-state index contributed by atoms with van der Waals surface area (Å²) in [6.45, 7) is 5.89. The molecule has 0 aliphatic rings. The van der Waals surface area contributed by atoms with Crippen LogP contribution in [0, 0.1) is 20.8 Å². The molecule has 0 fully saturated rings. The van der Waals surface area contributed by atoms with E-state index < -0.39 is 0 Å². The molecule has 0 amide bonds. The van der Waals surface area contributed by atoms with Crippen LogP contribution in [0.3, 0.4) is 0 Å². The largest absolute Gasteiger partial charge is 0.497 e. The second-order valence-corrected chi connectivity index (χ2v) is 7.23. The van der Waals surface area contributed by atoms with Gasteiger partial charge in [0, 0.05) is 6.07 Å². The van der Waals surface area contributed by atoms with Gasteiger partial charge in [0.15, 0.2) is 0 Å². The first-order chi connectivity index (χ1) is 14.4. The Morgan fingerprint density at radius 2 is 1.80 bits per heavy atom. The number of para-hydroxylation sites is 1. The molecule has 2 aromatic carbocycles. The quantitative estimate of drug-likeness (QED) is 0.439. The van der Waals surface area contributed by atoms with Crippen molar-refractivity contribution in [2.45, 2.75) is 20.8 Å². The minimum absolute atomic E-state index is 0.326. The third kappa shape index (κ3) is 3.31. The molecule has 0 saturated heterocycles. The smallest absolute Gasteiger partial charge is 0.278 e. The third-order valence-electron chi connectivity index (χ3n) is 4.97. The second kappa shape index (κ2) is 7.84. The number of hydrogen-bond acceptors (Lipinski definition) is 6. The Morgan fingerprint density at radius 1 is 1.00 bits per heavy atom. The molecule has 154 valence electrons. The standard InChI is InChI=1S/C22H21ClN4O3/c1-12-7-6-8-17(23)20(12)27-13(2)19(24-14(27)3)22-25-21(26-30-22)16-10-9-15(28-4)11-18(16)29-5/h6-11H,1-5H3. The molecule has 0 N–H and O–H groups in total. The van der Waals surface area contributed by atoms with Gasteiger partial charge in [-0.15, -0.1) is 0 Å². The molecular formula is C22H21ClN4O3. The molecular weight excluding hydrogens is 404 g/mol. The summed E-state index contributed by atoms with van der Waals surface area (Å²) in [5, 5.41) is 4.78. The molecule has 8 heteroatoms. The lowest BCUT2D eigenvalue weighted by Crippen LogP contribution is -2.02. The Bertz CT molecular complexity index is 1210. The summed E-state index contributed by atoms with van der Waals surface area (Å²) in [7, 11) is 3.18. The van der Waals surface area contributed by atoms with Crippen molar-refractivity contribution in [3.8, 4) is 40.2 Å². The zero-order valence-corrected chi connectivity index (χ0v) is 18.1. The molecule has 4 rings (SSSR count). The number of benzene rings is 2. The summed E-state index contributed by atoms with van der Waals surface area (Å²) in [4.78, 5) is 9.23. The van der Waals surface area contributed by atoms with E-state index >= 15 is 0 Å². The maximum absolute atomic E-state index is 6.48. The lowest BCUT2D eigenvalue weighted by molar-refractivity contribution is 0.394. The average molecular weight is 425 g/mol. The molecule has 0 unspecified atom stereocenters. The number of rotatable bonds is 5.